The molecule has 1 aromatic carbocycles. The first-order valence-corrected chi connectivity index (χ1v) is 6.46. The van der Waals surface area contributed by atoms with E-state index in [4.69, 9.17) is 5.73 Å². The Morgan fingerprint density at radius 2 is 2.00 bits per heavy atom. The van der Waals surface area contributed by atoms with Gasteiger partial charge in [0.25, 0.3) is 0 Å². The van der Waals surface area contributed by atoms with Crippen LogP contribution < -0.4 is 11.1 Å². The first kappa shape index (κ1) is 12.3. The van der Waals surface area contributed by atoms with Crippen LogP contribution in [0.1, 0.15) is 5.56 Å². The number of rotatable bonds is 2. The molecule has 0 aliphatic rings. The summed E-state index contributed by atoms with van der Waals surface area (Å²) in [4.78, 5) is 8.02. The number of nitrogen functional groups attached to an aromatic ring is 1. The number of hydrogen-bond donors (Lipinski definition) is 2. The largest absolute Gasteiger partial charge is 0.368 e. The summed E-state index contributed by atoms with van der Waals surface area (Å²) in [7, 11) is 0. The summed E-state index contributed by atoms with van der Waals surface area (Å²) in [6.07, 6.45) is 1.62. The Kier molecular flexibility index (Phi) is 3.63. The van der Waals surface area contributed by atoms with Crippen molar-refractivity contribution in [3.63, 3.8) is 0 Å². The topological polar surface area (TPSA) is 63.8 Å². The molecule has 0 unspecified atom stereocenters. The van der Waals surface area contributed by atoms with E-state index in [1.807, 2.05) is 25.1 Å². The van der Waals surface area contributed by atoms with Crippen LogP contribution >= 0.6 is 31.9 Å². The molecule has 0 aliphatic carbocycles. The van der Waals surface area contributed by atoms with Crippen LogP contribution in [0.4, 0.5) is 17.5 Å². The van der Waals surface area contributed by atoms with E-state index in [1.165, 1.54) is 0 Å². The highest BCUT2D eigenvalue weighted by Crippen LogP contribution is 2.28. The molecule has 0 aliphatic heterocycles. The first-order chi connectivity index (χ1) is 8.08. The van der Waals surface area contributed by atoms with Crippen molar-refractivity contribution in [1.82, 2.24) is 9.97 Å². The smallest absolute Gasteiger partial charge is 0.222 e. The van der Waals surface area contributed by atoms with E-state index in [0.29, 0.717) is 5.82 Å². The molecule has 2 aromatic rings. The van der Waals surface area contributed by atoms with Gasteiger partial charge in [-0.25, -0.2) is 4.98 Å². The van der Waals surface area contributed by atoms with Crippen LogP contribution in [-0.4, -0.2) is 9.97 Å². The number of benzene rings is 1. The maximum Gasteiger partial charge on any atom is 0.222 e. The molecule has 0 radical (unpaired) electrons. The summed E-state index contributed by atoms with van der Waals surface area (Å²) in [5, 5.41) is 3.21. The Bertz CT molecular complexity index is 557. The highest BCUT2D eigenvalue weighted by Gasteiger charge is 2.06. The van der Waals surface area contributed by atoms with Crippen LogP contribution in [0.25, 0.3) is 0 Å². The van der Waals surface area contributed by atoms with Crippen molar-refractivity contribution < 1.29 is 0 Å². The van der Waals surface area contributed by atoms with E-state index in [1.54, 1.807) is 6.20 Å². The van der Waals surface area contributed by atoms with Crippen molar-refractivity contribution >= 4 is 49.3 Å². The zero-order valence-corrected chi connectivity index (χ0v) is 12.2. The van der Waals surface area contributed by atoms with Gasteiger partial charge in [-0.1, -0.05) is 22.0 Å². The lowest BCUT2D eigenvalue weighted by Gasteiger charge is -2.11. The maximum absolute atomic E-state index is 5.56. The Balaban J connectivity index is 2.38. The Hall–Kier alpha value is -1.14. The van der Waals surface area contributed by atoms with E-state index in [0.717, 1.165) is 20.2 Å². The monoisotopic (exact) mass is 356 g/mol. The standard InChI is InChI=1S/C11H10Br2N4/c1-6-7(12)3-2-4-9(6)16-10-8(13)5-15-11(14)17-10/h2-5H,1H3,(H3,14,15,16,17). The van der Waals surface area contributed by atoms with Crippen LogP contribution in [0, 0.1) is 6.92 Å². The van der Waals surface area contributed by atoms with Crippen molar-refractivity contribution in [2.45, 2.75) is 6.92 Å². The zero-order valence-electron chi connectivity index (χ0n) is 9.04. The predicted octanol–water partition coefficient (Wildman–Crippen LogP) is 3.64. The number of halogens is 2. The van der Waals surface area contributed by atoms with Gasteiger partial charge in [0.15, 0.2) is 0 Å². The van der Waals surface area contributed by atoms with Gasteiger partial charge in [-0.05, 0) is 40.5 Å². The second kappa shape index (κ2) is 5.01. The average Bonchev–Trinajstić information content (AvgIpc) is 2.30. The van der Waals surface area contributed by atoms with Crippen LogP contribution in [0.2, 0.25) is 0 Å². The number of anilines is 3. The SMILES string of the molecule is Cc1c(Br)cccc1Nc1nc(N)ncc1Br. The van der Waals surface area contributed by atoms with E-state index >= 15 is 0 Å². The molecule has 1 aromatic heterocycles. The number of nitrogens with zero attached hydrogens (tertiary/aromatic N) is 2. The molecular formula is C11H10Br2N4. The highest BCUT2D eigenvalue weighted by atomic mass is 79.9. The zero-order chi connectivity index (χ0) is 12.4. The lowest BCUT2D eigenvalue weighted by Crippen LogP contribution is -2.01. The van der Waals surface area contributed by atoms with Gasteiger partial charge in [-0.3, -0.25) is 0 Å². The molecule has 0 saturated heterocycles. The van der Waals surface area contributed by atoms with E-state index in [2.05, 4.69) is 47.1 Å². The summed E-state index contributed by atoms with van der Waals surface area (Å²) in [6, 6.07) is 5.92. The minimum Gasteiger partial charge on any atom is -0.368 e. The van der Waals surface area contributed by atoms with Crippen molar-refractivity contribution in [2.24, 2.45) is 0 Å². The number of nitrogens with two attached hydrogens (primary N) is 1. The highest BCUT2D eigenvalue weighted by molar-refractivity contribution is 9.10. The molecule has 88 valence electrons. The van der Waals surface area contributed by atoms with Crippen LogP contribution in [0.3, 0.4) is 0 Å². The Morgan fingerprint density at radius 1 is 1.24 bits per heavy atom. The van der Waals surface area contributed by atoms with Gasteiger partial charge >= 0.3 is 0 Å². The summed E-state index contributed by atoms with van der Waals surface area (Å²) >= 11 is 6.86. The maximum atomic E-state index is 5.56. The lowest BCUT2D eigenvalue weighted by atomic mass is 10.2. The summed E-state index contributed by atoms with van der Waals surface area (Å²) in [5.74, 6) is 0.891. The van der Waals surface area contributed by atoms with Crippen molar-refractivity contribution in [3.8, 4) is 0 Å². The number of aromatic nitrogens is 2. The van der Waals surface area contributed by atoms with Gasteiger partial charge in [0.1, 0.15) is 5.82 Å². The molecule has 3 N–H and O–H groups in total. The number of hydrogen-bond acceptors (Lipinski definition) is 4. The van der Waals surface area contributed by atoms with Gasteiger partial charge in [0, 0.05) is 16.4 Å². The minimum atomic E-state index is 0.239. The Labute approximate surface area is 116 Å². The van der Waals surface area contributed by atoms with E-state index < -0.39 is 0 Å². The first-order valence-electron chi connectivity index (χ1n) is 4.88. The summed E-state index contributed by atoms with van der Waals surface area (Å²) in [6.45, 7) is 2.02. The fraction of sp³-hybridized carbons (Fsp3) is 0.0909. The molecule has 4 nitrogen and oxygen atoms in total. The van der Waals surface area contributed by atoms with Crippen LogP contribution in [-0.2, 0) is 0 Å². The molecule has 0 amide bonds. The minimum absolute atomic E-state index is 0.239. The quantitative estimate of drug-likeness (QED) is 0.861. The molecule has 0 bridgehead atoms. The summed E-state index contributed by atoms with van der Waals surface area (Å²) < 4.78 is 1.81. The second-order valence-electron chi connectivity index (χ2n) is 3.46. The van der Waals surface area contributed by atoms with Gasteiger partial charge in [0.2, 0.25) is 5.95 Å². The second-order valence-corrected chi connectivity index (χ2v) is 5.17. The molecule has 0 atom stereocenters. The normalized spacial score (nSPS) is 10.3. The molecule has 1 heterocycles. The van der Waals surface area contributed by atoms with Crippen LogP contribution in [0.5, 0.6) is 0 Å². The van der Waals surface area contributed by atoms with E-state index in [9.17, 15) is 0 Å². The average molecular weight is 358 g/mol. The fourth-order valence-electron chi connectivity index (χ4n) is 1.34. The third kappa shape index (κ3) is 2.76. The molecule has 17 heavy (non-hydrogen) atoms. The van der Waals surface area contributed by atoms with Crippen molar-refractivity contribution in [1.29, 1.82) is 0 Å². The van der Waals surface area contributed by atoms with Gasteiger partial charge < -0.3 is 11.1 Å². The molecular weight excluding hydrogens is 348 g/mol. The van der Waals surface area contributed by atoms with Gasteiger partial charge in [-0.15, -0.1) is 0 Å². The van der Waals surface area contributed by atoms with Crippen molar-refractivity contribution in [2.75, 3.05) is 11.1 Å². The Morgan fingerprint density at radius 3 is 2.76 bits per heavy atom. The third-order valence-corrected chi connectivity index (χ3v) is 3.72. The molecule has 0 fully saturated rings. The van der Waals surface area contributed by atoms with Crippen molar-refractivity contribution in [3.05, 3.63) is 38.9 Å². The molecule has 6 heteroatoms. The lowest BCUT2D eigenvalue weighted by molar-refractivity contribution is 1.17. The third-order valence-electron chi connectivity index (χ3n) is 2.28. The fourth-order valence-corrected chi connectivity index (χ4v) is 2.00. The van der Waals surface area contributed by atoms with Gasteiger partial charge in [-0.2, -0.15) is 4.98 Å². The predicted molar refractivity (Wildman–Crippen MR) is 76.3 cm³/mol. The molecule has 0 spiro atoms. The van der Waals surface area contributed by atoms with Gasteiger partial charge in [0.05, 0.1) is 4.47 Å². The van der Waals surface area contributed by atoms with Crippen LogP contribution in [0.15, 0.2) is 33.3 Å². The molecule has 2 rings (SSSR count). The molecule has 0 saturated carbocycles. The number of nitrogens with one attached hydrogen (secondary N) is 1. The summed E-state index contributed by atoms with van der Waals surface area (Å²) in [5.41, 5.74) is 7.64. The van der Waals surface area contributed by atoms with E-state index in [-0.39, 0.29) is 5.95 Å².